The minimum Gasteiger partial charge on any atom is -0.744 e. The molecule has 62 heavy (non-hydrogen) atoms. The van der Waals surface area contributed by atoms with Gasteiger partial charge in [0.25, 0.3) is 0 Å². The van der Waals surface area contributed by atoms with Gasteiger partial charge in [-0.2, -0.15) is 5.11 Å². The average Bonchev–Trinajstić information content (AvgIpc) is 3.18. The number of aromatic hydroxyl groups is 1. The van der Waals surface area contributed by atoms with E-state index in [1.165, 1.54) is 61.5 Å². The van der Waals surface area contributed by atoms with E-state index in [0.29, 0.717) is 16.8 Å². The summed E-state index contributed by atoms with van der Waals surface area (Å²) in [6.45, 7) is 1.37. The molecule has 0 heterocycles. The molecular formula is C38H24N7Na3O11S3. The van der Waals surface area contributed by atoms with Gasteiger partial charge in [-0.1, -0.05) is 24.3 Å². The average molecular weight is 920 g/mol. The van der Waals surface area contributed by atoms with E-state index >= 15 is 0 Å². The first kappa shape index (κ1) is 50.8. The Morgan fingerprint density at radius 2 is 0.887 bits per heavy atom. The first-order valence-electron chi connectivity index (χ1n) is 16.7. The van der Waals surface area contributed by atoms with E-state index in [1.807, 2.05) is 0 Å². The maximum atomic E-state index is 12.1. The van der Waals surface area contributed by atoms with Gasteiger partial charge >= 0.3 is 88.7 Å². The number of amides is 1. The summed E-state index contributed by atoms with van der Waals surface area (Å²) in [4.78, 5) is 9.67. The van der Waals surface area contributed by atoms with Crippen molar-refractivity contribution in [2.75, 3.05) is 5.32 Å². The molecule has 7 aromatic carbocycles. The van der Waals surface area contributed by atoms with E-state index in [9.17, 15) is 48.8 Å². The van der Waals surface area contributed by atoms with Gasteiger partial charge in [-0.15, -0.1) is 25.6 Å². The fourth-order valence-corrected chi connectivity index (χ4v) is 7.43. The zero-order valence-electron chi connectivity index (χ0n) is 32.9. The van der Waals surface area contributed by atoms with Gasteiger partial charge in [-0.3, -0.25) is 4.79 Å². The van der Waals surface area contributed by atoms with Crippen LogP contribution in [0.1, 0.15) is 6.92 Å². The molecule has 0 radical (unpaired) electrons. The summed E-state index contributed by atoms with van der Waals surface area (Å²) in [6.07, 6.45) is 0. The molecule has 0 aliphatic rings. The Labute approximate surface area is 419 Å². The van der Waals surface area contributed by atoms with E-state index in [-0.39, 0.29) is 156 Å². The van der Waals surface area contributed by atoms with Crippen molar-refractivity contribution in [3.63, 3.8) is 0 Å². The number of carbonyl (C=O) groups excluding carboxylic acids is 1. The number of nitrogens with one attached hydrogen (secondary N) is 1. The van der Waals surface area contributed by atoms with Crippen molar-refractivity contribution < 1.29 is 137 Å². The molecule has 1 amide bonds. The SMILES string of the molecule is CC(=O)Nc1ccc(N=Nc2ccc(N=Nc3ccc(N=Nc4c(O)ccc5cc(S(=O)(=O)[O-])ccc45)c4ccc(S(=O)(=O)[O-])cc34)c3cc(S(=O)(=O)[O-])ccc23)cc1.[Na+].[Na+].[Na+]. The third kappa shape index (κ3) is 11.6. The third-order valence-electron chi connectivity index (χ3n) is 8.68. The largest absolute Gasteiger partial charge is 1.00 e. The second-order valence-electron chi connectivity index (χ2n) is 12.6. The predicted octanol–water partition coefficient (Wildman–Crippen LogP) is -0.219. The monoisotopic (exact) mass is 919 g/mol. The van der Waals surface area contributed by atoms with Crippen LogP contribution in [-0.2, 0) is 35.1 Å². The molecule has 2 N–H and O–H groups in total. The summed E-state index contributed by atoms with van der Waals surface area (Å²) in [5, 5.41) is 40.0. The molecule has 7 rings (SSSR count). The van der Waals surface area contributed by atoms with Crippen LogP contribution in [0.15, 0.2) is 161 Å². The number of anilines is 1. The van der Waals surface area contributed by atoms with Gasteiger partial charge in [-0.25, -0.2) is 25.3 Å². The number of carbonyl (C=O) groups is 1. The smallest absolute Gasteiger partial charge is 0.744 e. The van der Waals surface area contributed by atoms with Crippen LogP contribution in [0.25, 0.3) is 32.3 Å². The van der Waals surface area contributed by atoms with Crippen LogP contribution in [-0.4, -0.2) is 49.9 Å². The molecule has 0 fully saturated rings. The van der Waals surface area contributed by atoms with Crippen molar-refractivity contribution in [1.82, 2.24) is 0 Å². The maximum Gasteiger partial charge on any atom is 1.00 e. The maximum absolute atomic E-state index is 12.1. The van der Waals surface area contributed by atoms with Crippen molar-refractivity contribution in [1.29, 1.82) is 0 Å². The minimum absolute atomic E-state index is 0. The molecule has 0 aromatic heterocycles. The molecule has 298 valence electrons. The van der Waals surface area contributed by atoms with Crippen LogP contribution in [0.3, 0.4) is 0 Å². The van der Waals surface area contributed by atoms with Gasteiger partial charge in [-0.05, 0) is 96.4 Å². The van der Waals surface area contributed by atoms with Gasteiger partial charge in [0.15, 0.2) is 0 Å². The van der Waals surface area contributed by atoms with Crippen molar-refractivity contribution in [3.05, 3.63) is 115 Å². The predicted molar refractivity (Wildman–Crippen MR) is 211 cm³/mol. The Kier molecular flexibility index (Phi) is 16.6. The number of benzene rings is 7. The molecule has 7 aromatic rings. The van der Waals surface area contributed by atoms with Gasteiger partial charge in [0.2, 0.25) is 5.91 Å². The van der Waals surface area contributed by atoms with Crippen LogP contribution in [0, 0.1) is 0 Å². The summed E-state index contributed by atoms with van der Waals surface area (Å²) in [5.74, 6) is -0.587. The first-order valence-corrected chi connectivity index (χ1v) is 21.0. The number of phenols is 1. The molecule has 24 heteroatoms. The Morgan fingerprint density at radius 1 is 0.484 bits per heavy atom. The second kappa shape index (κ2) is 20.3. The number of azo groups is 3. The van der Waals surface area contributed by atoms with Crippen LogP contribution >= 0.6 is 0 Å². The van der Waals surface area contributed by atoms with E-state index in [1.54, 1.807) is 24.3 Å². The van der Waals surface area contributed by atoms with Crippen molar-refractivity contribution >= 4 is 108 Å². The van der Waals surface area contributed by atoms with Gasteiger partial charge in [0, 0.05) is 39.5 Å². The summed E-state index contributed by atoms with van der Waals surface area (Å²) >= 11 is 0. The van der Waals surface area contributed by atoms with Crippen molar-refractivity contribution in [3.8, 4) is 5.75 Å². The number of rotatable bonds is 10. The molecule has 0 saturated carbocycles. The van der Waals surface area contributed by atoms with E-state index < -0.39 is 45.0 Å². The van der Waals surface area contributed by atoms with E-state index in [0.717, 1.165) is 36.4 Å². The van der Waals surface area contributed by atoms with Crippen LogP contribution in [0.4, 0.5) is 39.8 Å². The standard InChI is InChI=1S/C38H27N7O11S3.3Na/c1-21(46)39-23-3-5-24(6-4-23)40-41-33-13-15-35(31-19-26(58(51,52)53)8-11-29(31)33)42-43-36-16-14-34(30-12-9-27(20-32(30)36)59(54,55)56)44-45-38-28-10-7-25(57(48,49)50)18-22(28)2-17-37(38)47;;;/h2-20,47H,1H3,(H,39,46)(H,48,49,50)(H,51,52,53)(H,54,55,56);;;/q;3*+1/p-3. The third-order valence-corrected chi connectivity index (χ3v) is 11.2. The summed E-state index contributed by atoms with van der Waals surface area (Å²) in [5.41, 5.74) is 1.34. The molecule has 0 saturated heterocycles. The number of hydrogen-bond donors (Lipinski definition) is 2. The van der Waals surface area contributed by atoms with Crippen LogP contribution in [0.2, 0.25) is 0 Å². The Hall–Kier alpha value is -3.88. The Morgan fingerprint density at radius 3 is 1.34 bits per heavy atom. The molecular weight excluding hydrogens is 896 g/mol. The minimum atomic E-state index is -4.97. The number of phenolic OH excluding ortho intramolecular Hbond substituents is 1. The number of nitrogens with zero attached hydrogens (tertiary/aromatic N) is 6. The topological polar surface area (TPSA) is 295 Å². The number of hydrogen-bond acceptors (Lipinski definition) is 17. The van der Waals surface area contributed by atoms with Crippen molar-refractivity contribution in [2.45, 2.75) is 21.6 Å². The van der Waals surface area contributed by atoms with Gasteiger partial charge < -0.3 is 24.1 Å². The molecule has 0 bridgehead atoms. The Balaban J connectivity index is 0.00000282. The summed E-state index contributed by atoms with van der Waals surface area (Å²) in [6, 6.07) is 25.2. The summed E-state index contributed by atoms with van der Waals surface area (Å²) < 4.78 is 107. The first-order chi connectivity index (χ1) is 27.8. The molecule has 0 atom stereocenters. The van der Waals surface area contributed by atoms with Gasteiger partial charge in [0.1, 0.15) is 41.8 Å². The molecule has 0 spiro atoms. The van der Waals surface area contributed by atoms with Crippen LogP contribution in [0.5, 0.6) is 5.75 Å². The quantitative estimate of drug-likeness (QED) is 0.103. The Bertz CT molecular complexity index is 3340. The zero-order valence-corrected chi connectivity index (χ0v) is 41.4. The molecule has 0 unspecified atom stereocenters. The molecule has 0 aliphatic carbocycles. The molecule has 18 nitrogen and oxygen atoms in total. The normalized spacial score (nSPS) is 12.1. The summed E-state index contributed by atoms with van der Waals surface area (Å²) in [7, 11) is -14.7. The van der Waals surface area contributed by atoms with E-state index in [4.69, 9.17) is 0 Å². The second-order valence-corrected chi connectivity index (χ2v) is 16.8. The zero-order chi connectivity index (χ0) is 42.3. The van der Waals surface area contributed by atoms with Crippen LogP contribution < -0.4 is 94.0 Å². The fraction of sp³-hybridized carbons (Fsp3) is 0.0263. The molecule has 0 aliphatic heterocycles. The van der Waals surface area contributed by atoms with Crippen molar-refractivity contribution in [2.24, 2.45) is 30.7 Å². The fourth-order valence-electron chi connectivity index (χ4n) is 5.93. The van der Waals surface area contributed by atoms with Gasteiger partial charge in [0.05, 0.1) is 43.1 Å². The van der Waals surface area contributed by atoms with E-state index in [2.05, 4.69) is 36.0 Å². The number of fused-ring (bicyclic) bond motifs is 3.